The summed E-state index contributed by atoms with van der Waals surface area (Å²) in [6.07, 6.45) is 4.80. The summed E-state index contributed by atoms with van der Waals surface area (Å²) in [5.41, 5.74) is 1.24. The zero-order valence-electron chi connectivity index (χ0n) is 14.9. The zero-order valence-corrected chi connectivity index (χ0v) is 14.9. The largest absolute Gasteiger partial charge is 0.334 e. The van der Waals surface area contributed by atoms with Crippen molar-refractivity contribution in [1.29, 1.82) is 0 Å². The molecule has 1 spiro atoms. The highest BCUT2D eigenvalue weighted by Crippen LogP contribution is 2.46. The third-order valence-corrected chi connectivity index (χ3v) is 5.58. The van der Waals surface area contributed by atoms with Gasteiger partial charge in [-0.3, -0.25) is 9.59 Å². The molecule has 4 heterocycles. The fourth-order valence-corrected chi connectivity index (χ4v) is 4.30. The summed E-state index contributed by atoms with van der Waals surface area (Å²) in [7, 11) is 1.80. The van der Waals surface area contributed by atoms with Gasteiger partial charge in [0.1, 0.15) is 0 Å². The third-order valence-electron chi connectivity index (χ3n) is 5.58. The minimum Gasteiger partial charge on any atom is -0.334 e. The fourth-order valence-electron chi connectivity index (χ4n) is 4.30. The normalized spacial score (nSPS) is 21.9. The van der Waals surface area contributed by atoms with Crippen LogP contribution in [0.2, 0.25) is 0 Å². The van der Waals surface area contributed by atoms with Crippen LogP contribution in [-0.4, -0.2) is 56.4 Å². The maximum absolute atomic E-state index is 13.1. The maximum atomic E-state index is 13.1. The van der Waals surface area contributed by atoms with Crippen molar-refractivity contribution >= 4 is 23.3 Å². The summed E-state index contributed by atoms with van der Waals surface area (Å²) in [4.78, 5) is 37.9. The molecule has 2 aromatic heterocycles. The quantitative estimate of drug-likeness (QED) is 0.651. The number of benzene rings is 1. The first-order chi connectivity index (χ1) is 13.1. The fraction of sp³-hybridized carbons (Fsp3) is 0.316. The number of carbonyl (C=O) groups excluding carboxylic acids is 2. The van der Waals surface area contributed by atoms with Crippen LogP contribution in [0, 0.1) is 0 Å². The number of para-hydroxylation sites is 1. The van der Waals surface area contributed by atoms with Crippen molar-refractivity contribution in [2.45, 2.75) is 18.3 Å². The Labute approximate surface area is 155 Å². The lowest BCUT2D eigenvalue weighted by molar-refractivity contribution is -0.124. The smallest absolute Gasteiger partial charge is 0.293 e. The Bertz CT molecular complexity index is 1040. The van der Waals surface area contributed by atoms with Gasteiger partial charge in [0, 0.05) is 38.2 Å². The second-order valence-corrected chi connectivity index (χ2v) is 7.09. The van der Waals surface area contributed by atoms with Gasteiger partial charge in [-0.05, 0) is 30.5 Å². The van der Waals surface area contributed by atoms with Gasteiger partial charge in [-0.1, -0.05) is 18.2 Å². The number of likely N-dealkylation sites (N-methyl/N-ethyl adjacent to an activating group) is 1. The molecule has 2 amide bonds. The molecule has 3 aromatic rings. The van der Waals surface area contributed by atoms with Crippen molar-refractivity contribution in [2.75, 3.05) is 25.0 Å². The molecular weight excluding hydrogens is 344 g/mol. The second-order valence-electron chi connectivity index (χ2n) is 7.09. The first-order valence-electron chi connectivity index (χ1n) is 8.94. The first kappa shape index (κ1) is 15.9. The molecule has 1 fully saturated rings. The van der Waals surface area contributed by atoms with Crippen molar-refractivity contribution in [1.82, 2.24) is 24.5 Å². The van der Waals surface area contributed by atoms with Crippen LogP contribution in [0.1, 0.15) is 29.0 Å². The third kappa shape index (κ3) is 2.19. The Morgan fingerprint density at radius 3 is 2.93 bits per heavy atom. The lowest BCUT2D eigenvalue weighted by Crippen LogP contribution is -2.53. The predicted molar refractivity (Wildman–Crippen MR) is 97.4 cm³/mol. The summed E-state index contributed by atoms with van der Waals surface area (Å²) in [5.74, 6) is 0.276. The standard InChI is InChI=1S/C19H18N6O2/c1-23-14-7-3-2-6-13(14)19(17(23)27)8-4-10-24(12-19)16(26)15-21-18-20-9-5-11-25(18)22-15/h2-3,5-7,9,11H,4,8,10,12H2,1H3/t19-/m0/s1. The van der Waals surface area contributed by atoms with Gasteiger partial charge in [-0.15, -0.1) is 5.10 Å². The van der Waals surface area contributed by atoms with Crippen LogP contribution in [0.4, 0.5) is 5.69 Å². The van der Waals surface area contributed by atoms with Crippen molar-refractivity contribution < 1.29 is 9.59 Å². The van der Waals surface area contributed by atoms with Crippen LogP contribution in [-0.2, 0) is 10.2 Å². The molecule has 1 aromatic carbocycles. The van der Waals surface area contributed by atoms with E-state index in [4.69, 9.17) is 0 Å². The number of aromatic nitrogens is 4. The van der Waals surface area contributed by atoms with Gasteiger partial charge in [0.15, 0.2) is 0 Å². The molecule has 0 N–H and O–H groups in total. The monoisotopic (exact) mass is 362 g/mol. The van der Waals surface area contributed by atoms with E-state index in [9.17, 15) is 9.59 Å². The van der Waals surface area contributed by atoms with Gasteiger partial charge in [0.25, 0.3) is 11.7 Å². The minimum absolute atomic E-state index is 0.0471. The number of likely N-dealkylation sites (tertiary alicyclic amines) is 1. The Morgan fingerprint density at radius 2 is 2.07 bits per heavy atom. The van der Waals surface area contributed by atoms with Gasteiger partial charge in [0.05, 0.1) is 5.41 Å². The highest BCUT2D eigenvalue weighted by Gasteiger charge is 2.52. The summed E-state index contributed by atoms with van der Waals surface area (Å²) >= 11 is 0. The van der Waals surface area contributed by atoms with Crippen LogP contribution in [0.5, 0.6) is 0 Å². The molecule has 1 atom stereocenters. The molecule has 0 bridgehead atoms. The van der Waals surface area contributed by atoms with E-state index in [1.165, 1.54) is 4.52 Å². The molecule has 2 aliphatic rings. The molecular formula is C19H18N6O2. The van der Waals surface area contributed by atoms with E-state index in [1.54, 1.807) is 35.3 Å². The van der Waals surface area contributed by atoms with E-state index < -0.39 is 5.41 Å². The Morgan fingerprint density at radius 1 is 1.22 bits per heavy atom. The van der Waals surface area contributed by atoms with Crippen LogP contribution >= 0.6 is 0 Å². The summed E-state index contributed by atoms with van der Waals surface area (Å²) in [6, 6.07) is 9.57. The summed E-state index contributed by atoms with van der Waals surface area (Å²) < 4.78 is 1.48. The van der Waals surface area contributed by atoms with Crippen molar-refractivity contribution in [3.8, 4) is 0 Å². The van der Waals surface area contributed by atoms with Crippen LogP contribution in [0.25, 0.3) is 5.78 Å². The van der Waals surface area contributed by atoms with Gasteiger partial charge < -0.3 is 9.80 Å². The maximum Gasteiger partial charge on any atom is 0.293 e. The van der Waals surface area contributed by atoms with E-state index in [0.29, 0.717) is 18.9 Å². The van der Waals surface area contributed by atoms with Crippen LogP contribution in [0.15, 0.2) is 42.7 Å². The van der Waals surface area contributed by atoms with E-state index in [1.807, 2.05) is 24.3 Å². The molecule has 2 aliphatic heterocycles. The Balaban J connectivity index is 1.51. The van der Waals surface area contributed by atoms with Crippen LogP contribution < -0.4 is 4.90 Å². The van der Waals surface area contributed by atoms with E-state index in [-0.39, 0.29) is 17.6 Å². The highest BCUT2D eigenvalue weighted by molar-refractivity contribution is 6.08. The summed E-state index contributed by atoms with van der Waals surface area (Å²) in [5, 5.41) is 4.24. The van der Waals surface area contributed by atoms with Crippen molar-refractivity contribution in [2.24, 2.45) is 0 Å². The lowest BCUT2D eigenvalue weighted by Gasteiger charge is -2.39. The Kier molecular flexibility index (Phi) is 3.30. The van der Waals surface area contributed by atoms with Gasteiger partial charge in [0.2, 0.25) is 11.7 Å². The zero-order chi connectivity index (χ0) is 18.6. The van der Waals surface area contributed by atoms with E-state index >= 15 is 0 Å². The lowest BCUT2D eigenvalue weighted by atomic mass is 9.75. The predicted octanol–water partition coefficient (Wildman–Crippen LogP) is 1.27. The van der Waals surface area contributed by atoms with Crippen LogP contribution in [0.3, 0.4) is 0 Å². The molecule has 0 radical (unpaired) electrons. The van der Waals surface area contributed by atoms with E-state index in [0.717, 1.165) is 24.1 Å². The molecule has 136 valence electrons. The first-order valence-corrected chi connectivity index (χ1v) is 8.94. The topological polar surface area (TPSA) is 83.7 Å². The molecule has 1 saturated heterocycles. The molecule has 5 rings (SSSR count). The molecule has 8 heteroatoms. The summed E-state index contributed by atoms with van der Waals surface area (Å²) in [6.45, 7) is 0.928. The van der Waals surface area contributed by atoms with Gasteiger partial charge in [-0.25, -0.2) is 9.50 Å². The number of piperidine rings is 1. The number of carbonyl (C=O) groups is 2. The Hall–Kier alpha value is -3.29. The molecule has 0 saturated carbocycles. The number of hydrogen-bond donors (Lipinski definition) is 0. The highest BCUT2D eigenvalue weighted by atomic mass is 16.2. The van der Waals surface area contributed by atoms with Crippen molar-refractivity contribution in [3.63, 3.8) is 0 Å². The molecule has 27 heavy (non-hydrogen) atoms. The number of fused-ring (bicyclic) bond motifs is 3. The average Bonchev–Trinajstić information content (AvgIpc) is 3.23. The molecule has 8 nitrogen and oxygen atoms in total. The number of nitrogens with zero attached hydrogens (tertiary/aromatic N) is 6. The second kappa shape index (κ2) is 5.60. The van der Waals surface area contributed by atoms with E-state index in [2.05, 4.69) is 15.1 Å². The molecule has 0 unspecified atom stereocenters. The number of rotatable bonds is 1. The molecule has 0 aliphatic carbocycles. The SMILES string of the molecule is CN1C(=O)[C@]2(CCCN(C(=O)c3nc4ncccn4n3)C2)c2ccccc21. The number of anilines is 1. The number of amides is 2. The minimum atomic E-state index is -0.684. The average molecular weight is 362 g/mol. The van der Waals surface area contributed by atoms with Crippen molar-refractivity contribution in [3.05, 3.63) is 54.1 Å². The van der Waals surface area contributed by atoms with Gasteiger partial charge >= 0.3 is 0 Å². The van der Waals surface area contributed by atoms with Gasteiger partial charge in [-0.2, -0.15) is 4.98 Å². The number of hydrogen-bond acceptors (Lipinski definition) is 5.